The third kappa shape index (κ3) is 4.01. The SMILES string of the molecule is COC(=O)C1=C(C)N(NC(=O)OC(C)(C)C)[C@@H](O)C1(c1ccccc1)c1ccccc1. The molecule has 0 bridgehead atoms. The number of aliphatic hydroxyl groups excluding tert-OH is 1. The molecule has 1 atom stereocenters. The van der Waals surface area contributed by atoms with Crippen LogP contribution in [0.5, 0.6) is 0 Å². The first-order valence-corrected chi connectivity index (χ1v) is 10.0. The number of benzene rings is 2. The number of nitrogens with one attached hydrogen (secondary N) is 1. The van der Waals surface area contributed by atoms with Crippen LogP contribution in [0.2, 0.25) is 0 Å². The minimum absolute atomic E-state index is 0.232. The highest BCUT2D eigenvalue weighted by Crippen LogP contribution is 2.50. The van der Waals surface area contributed by atoms with E-state index >= 15 is 0 Å². The molecule has 1 aliphatic rings. The third-order valence-electron chi connectivity index (χ3n) is 5.21. The molecule has 0 saturated carbocycles. The van der Waals surface area contributed by atoms with Gasteiger partial charge in [0.05, 0.1) is 12.7 Å². The lowest BCUT2D eigenvalue weighted by atomic mass is 9.69. The zero-order valence-electron chi connectivity index (χ0n) is 18.4. The number of methoxy groups -OCH3 is 1. The molecule has 0 aliphatic carbocycles. The molecule has 31 heavy (non-hydrogen) atoms. The average Bonchev–Trinajstić information content (AvgIpc) is 2.95. The van der Waals surface area contributed by atoms with Crippen molar-refractivity contribution in [3.63, 3.8) is 0 Å². The van der Waals surface area contributed by atoms with Gasteiger partial charge in [-0.15, -0.1) is 0 Å². The summed E-state index contributed by atoms with van der Waals surface area (Å²) in [5.74, 6) is -0.599. The minimum Gasteiger partial charge on any atom is -0.466 e. The molecular weight excluding hydrogens is 396 g/mol. The number of hydrogen-bond acceptors (Lipinski definition) is 6. The second kappa shape index (κ2) is 8.43. The molecule has 2 N–H and O–H groups in total. The summed E-state index contributed by atoms with van der Waals surface area (Å²) >= 11 is 0. The molecule has 0 fully saturated rings. The third-order valence-corrected chi connectivity index (χ3v) is 5.21. The molecule has 2 aromatic rings. The van der Waals surface area contributed by atoms with E-state index in [1.165, 1.54) is 12.1 Å². The monoisotopic (exact) mass is 424 g/mol. The van der Waals surface area contributed by atoms with Crippen LogP contribution in [0.15, 0.2) is 71.9 Å². The Labute approximate surface area is 182 Å². The summed E-state index contributed by atoms with van der Waals surface area (Å²) < 4.78 is 10.5. The standard InChI is InChI=1S/C24H28N2O5/c1-16-19(20(27)30-5)24(17-12-8-6-9-13-17,18-14-10-7-11-15-18)21(28)26(16)25-22(29)31-23(2,3)4/h6-15,21,28H,1-5H3,(H,25,29)/t21-/m0/s1. The van der Waals surface area contributed by atoms with Crippen molar-refractivity contribution in [3.8, 4) is 0 Å². The summed E-state index contributed by atoms with van der Waals surface area (Å²) in [6, 6.07) is 18.4. The topological polar surface area (TPSA) is 88.1 Å². The van der Waals surface area contributed by atoms with Gasteiger partial charge in [-0.1, -0.05) is 60.7 Å². The summed E-state index contributed by atoms with van der Waals surface area (Å²) in [5.41, 5.74) is 2.53. The summed E-state index contributed by atoms with van der Waals surface area (Å²) in [6.45, 7) is 6.88. The van der Waals surface area contributed by atoms with E-state index in [-0.39, 0.29) is 5.57 Å². The molecular formula is C24H28N2O5. The molecule has 0 unspecified atom stereocenters. The van der Waals surface area contributed by atoms with E-state index in [1.54, 1.807) is 27.7 Å². The fourth-order valence-corrected chi connectivity index (χ4v) is 4.02. The van der Waals surface area contributed by atoms with Crippen molar-refractivity contribution in [2.45, 2.75) is 44.9 Å². The van der Waals surface area contributed by atoms with Gasteiger partial charge in [-0.3, -0.25) is 5.01 Å². The van der Waals surface area contributed by atoms with Crippen LogP contribution in [0.25, 0.3) is 0 Å². The number of allylic oxidation sites excluding steroid dienone is 1. The highest BCUT2D eigenvalue weighted by atomic mass is 16.6. The highest BCUT2D eigenvalue weighted by Gasteiger charge is 2.57. The van der Waals surface area contributed by atoms with Crippen molar-refractivity contribution >= 4 is 12.1 Å². The lowest BCUT2D eigenvalue weighted by molar-refractivity contribution is -0.137. The molecule has 0 radical (unpaired) electrons. The zero-order valence-corrected chi connectivity index (χ0v) is 18.4. The molecule has 1 aliphatic heterocycles. The Bertz CT molecular complexity index is 941. The van der Waals surface area contributed by atoms with Crippen LogP contribution in [0, 0.1) is 0 Å². The van der Waals surface area contributed by atoms with Crippen LogP contribution in [0.3, 0.4) is 0 Å². The molecule has 0 aromatic heterocycles. The number of hydrazine groups is 1. The number of hydrogen-bond donors (Lipinski definition) is 2. The largest absolute Gasteiger partial charge is 0.466 e. The van der Waals surface area contributed by atoms with Crippen LogP contribution in [-0.4, -0.2) is 41.1 Å². The number of ether oxygens (including phenoxy) is 2. The van der Waals surface area contributed by atoms with Crippen molar-refractivity contribution in [2.75, 3.05) is 7.11 Å². The van der Waals surface area contributed by atoms with Crippen molar-refractivity contribution in [1.82, 2.24) is 10.4 Å². The predicted molar refractivity (Wildman–Crippen MR) is 116 cm³/mol. The van der Waals surface area contributed by atoms with Crippen LogP contribution in [0.1, 0.15) is 38.8 Å². The molecule has 2 aromatic carbocycles. The Morgan fingerprint density at radius 3 is 1.90 bits per heavy atom. The number of aliphatic hydroxyl groups is 1. The summed E-state index contributed by atoms with van der Waals surface area (Å²) in [4.78, 5) is 25.5. The van der Waals surface area contributed by atoms with Gasteiger partial charge in [0.15, 0.2) is 6.23 Å². The van der Waals surface area contributed by atoms with Gasteiger partial charge in [0.25, 0.3) is 0 Å². The van der Waals surface area contributed by atoms with E-state index in [0.717, 1.165) is 0 Å². The van der Waals surface area contributed by atoms with E-state index in [0.29, 0.717) is 16.8 Å². The minimum atomic E-state index is -1.33. The second-order valence-electron chi connectivity index (χ2n) is 8.35. The van der Waals surface area contributed by atoms with E-state index in [1.807, 2.05) is 60.7 Å². The normalized spacial score (nSPS) is 18.0. The van der Waals surface area contributed by atoms with E-state index in [2.05, 4.69) is 5.43 Å². The fraction of sp³-hybridized carbons (Fsp3) is 0.333. The molecule has 7 heteroatoms. The Morgan fingerprint density at radius 2 is 1.48 bits per heavy atom. The van der Waals surface area contributed by atoms with Crippen molar-refractivity contribution in [3.05, 3.63) is 83.1 Å². The Balaban J connectivity index is 2.22. The fourth-order valence-electron chi connectivity index (χ4n) is 4.02. The maximum atomic E-state index is 13.0. The number of carbonyl (C=O) groups is 2. The Hall–Kier alpha value is -3.32. The number of rotatable bonds is 4. The lowest BCUT2D eigenvalue weighted by Crippen LogP contribution is -2.53. The molecule has 3 rings (SSSR count). The highest BCUT2D eigenvalue weighted by molar-refractivity contribution is 5.95. The van der Waals surface area contributed by atoms with E-state index < -0.39 is 29.3 Å². The predicted octanol–water partition coefficient (Wildman–Crippen LogP) is 3.49. The maximum absolute atomic E-state index is 13.0. The summed E-state index contributed by atoms with van der Waals surface area (Å²) in [5, 5.41) is 12.9. The first-order valence-electron chi connectivity index (χ1n) is 10.0. The van der Waals surface area contributed by atoms with Gasteiger partial charge in [-0.2, -0.15) is 0 Å². The molecule has 1 amide bonds. The van der Waals surface area contributed by atoms with Gasteiger partial charge in [-0.05, 0) is 38.8 Å². The van der Waals surface area contributed by atoms with Crippen LogP contribution in [-0.2, 0) is 19.7 Å². The summed E-state index contributed by atoms with van der Waals surface area (Å²) in [7, 11) is 1.29. The second-order valence-corrected chi connectivity index (χ2v) is 8.35. The maximum Gasteiger partial charge on any atom is 0.426 e. The molecule has 0 spiro atoms. The number of nitrogens with zero attached hydrogens (tertiary/aromatic N) is 1. The molecule has 0 saturated heterocycles. The average molecular weight is 424 g/mol. The first-order chi connectivity index (χ1) is 14.6. The van der Waals surface area contributed by atoms with Crippen molar-refractivity contribution < 1.29 is 24.2 Å². The Morgan fingerprint density at radius 1 is 1.00 bits per heavy atom. The van der Waals surface area contributed by atoms with E-state index in [4.69, 9.17) is 9.47 Å². The molecule has 7 nitrogen and oxygen atoms in total. The van der Waals surface area contributed by atoms with Crippen LogP contribution < -0.4 is 5.43 Å². The summed E-state index contributed by atoms with van der Waals surface area (Å²) in [6.07, 6.45) is -2.08. The number of esters is 1. The molecule has 1 heterocycles. The van der Waals surface area contributed by atoms with Gasteiger partial charge in [-0.25, -0.2) is 15.0 Å². The molecule has 164 valence electrons. The number of carbonyl (C=O) groups excluding carboxylic acids is 2. The lowest BCUT2D eigenvalue weighted by Gasteiger charge is -2.38. The zero-order chi connectivity index (χ0) is 22.8. The van der Waals surface area contributed by atoms with E-state index in [9.17, 15) is 14.7 Å². The van der Waals surface area contributed by atoms with Crippen LogP contribution in [0.4, 0.5) is 4.79 Å². The first kappa shape index (κ1) is 22.4. The van der Waals surface area contributed by atoms with Gasteiger partial charge < -0.3 is 14.6 Å². The van der Waals surface area contributed by atoms with Gasteiger partial charge in [0.1, 0.15) is 11.0 Å². The smallest absolute Gasteiger partial charge is 0.426 e. The van der Waals surface area contributed by atoms with Crippen molar-refractivity contribution in [1.29, 1.82) is 0 Å². The van der Waals surface area contributed by atoms with Crippen LogP contribution >= 0.6 is 0 Å². The Kier molecular flexibility index (Phi) is 6.08. The quantitative estimate of drug-likeness (QED) is 0.731. The van der Waals surface area contributed by atoms with Gasteiger partial charge in [0, 0.05) is 5.70 Å². The van der Waals surface area contributed by atoms with Crippen molar-refractivity contribution in [2.24, 2.45) is 0 Å². The van der Waals surface area contributed by atoms with Gasteiger partial charge in [0.2, 0.25) is 0 Å². The number of amides is 1. The van der Waals surface area contributed by atoms with Gasteiger partial charge >= 0.3 is 12.1 Å².